The summed E-state index contributed by atoms with van der Waals surface area (Å²) >= 11 is 1.62. The Labute approximate surface area is 113 Å². The quantitative estimate of drug-likeness (QED) is 0.824. The van der Waals surface area contributed by atoms with E-state index in [4.69, 9.17) is 0 Å². The van der Waals surface area contributed by atoms with Gasteiger partial charge in [0.2, 0.25) is 10.0 Å². The molecule has 0 radical (unpaired) electrons. The van der Waals surface area contributed by atoms with Gasteiger partial charge in [-0.1, -0.05) is 0 Å². The van der Waals surface area contributed by atoms with Crippen LogP contribution in [0.1, 0.15) is 6.92 Å². The summed E-state index contributed by atoms with van der Waals surface area (Å²) in [5.74, 6) is 1.18. The molecule has 0 atom stereocenters. The van der Waals surface area contributed by atoms with Gasteiger partial charge in [-0.05, 0) is 25.3 Å². The van der Waals surface area contributed by atoms with E-state index >= 15 is 0 Å². The van der Waals surface area contributed by atoms with E-state index in [1.807, 2.05) is 13.2 Å². The molecule has 1 aromatic rings. The van der Waals surface area contributed by atoms with E-state index in [1.54, 1.807) is 37.1 Å². The van der Waals surface area contributed by atoms with Crippen molar-refractivity contribution in [2.24, 2.45) is 0 Å². The summed E-state index contributed by atoms with van der Waals surface area (Å²) in [5.41, 5.74) is 0. The average molecular weight is 289 g/mol. The third-order valence-corrected chi connectivity index (χ3v) is 4.89. The van der Waals surface area contributed by atoms with Crippen molar-refractivity contribution >= 4 is 27.6 Å². The lowest BCUT2D eigenvalue weighted by molar-refractivity contribution is 0.488. The molecule has 0 unspecified atom stereocenters. The summed E-state index contributed by atoms with van der Waals surface area (Å²) in [6.45, 7) is 3.03. The Kier molecular flexibility index (Phi) is 5.90. The molecule has 0 amide bonds. The lowest BCUT2D eigenvalue weighted by Crippen LogP contribution is -2.29. The minimum absolute atomic E-state index is 0.232. The van der Waals surface area contributed by atoms with Gasteiger partial charge in [-0.2, -0.15) is 16.1 Å². The molecule has 1 rings (SSSR count). The summed E-state index contributed by atoms with van der Waals surface area (Å²) in [7, 11) is -1.88. The van der Waals surface area contributed by atoms with Crippen molar-refractivity contribution in [3.05, 3.63) is 18.3 Å². The van der Waals surface area contributed by atoms with Gasteiger partial charge in [-0.3, -0.25) is 0 Å². The summed E-state index contributed by atoms with van der Waals surface area (Å²) < 4.78 is 26.1. The number of anilines is 1. The zero-order chi connectivity index (χ0) is 13.6. The van der Waals surface area contributed by atoms with Crippen LogP contribution in [0, 0.1) is 0 Å². The topological polar surface area (TPSA) is 62.3 Å². The molecule has 1 heterocycles. The Balaban J connectivity index is 3.04. The first kappa shape index (κ1) is 15.3. The van der Waals surface area contributed by atoms with Crippen molar-refractivity contribution in [2.75, 3.05) is 37.5 Å². The molecule has 1 N–H and O–H groups in total. The molecule has 0 bridgehead atoms. The van der Waals surface area contributed by atoms with Crippen molar-refractivity contribution in [3.8, 4) is 0 Å². The monoisotopic (exact) mass is 289 g/mol. The fraction of sp³-hybridized carbons (Fsp3) is 0.545. The molecule has 18 heavy (non-hydrogen) atoms. The predicted octanol–water partition coefficient (Wildman–Crippen LogP) is 1.50. The second-order valence-corrected chi connectivity index (χ2v) is 6.70. The Morgan fingerprint density at radius 2 is 2.22 bits per heavy atom. The summed E-state index contributed by atoms with van der Waals surface area (Å²) in [5, 5.41) is 2.97. The van der Waals surface area contributed by atoms with Gasteiger partial charge in [0.15, 0.2) is 0 Å². The number of thioether (sulfide) groups is 1. The van der Waals surface area contributed by atoms with Crippen molar-refractivity contribution in [1.29, 1.82) is 0 Å². The molecule has 7 heteroatoms. The van der Waals surface area contributed by atoms with Gasteiger partial charge >= 0.3 is 0 Å². The number of hydrogen-bond acceptors (Lipinski definition) is 5. The van der Waals surface area contributed by atoms with Crippen molar-refractivity contribution in [2.45, 2.75) is 11.8 Å². The average Bonchev–Trinajstić information content (AvgIpc) is 2.36. The van der Waals surface area contributed by atoms with Gasteiger partial charge in [0.05, 0.1) is 0 Å². The molecule has 0 aliphatic rings. The Morgan fingerprint density at radius 3 is 2.83 bits per heavy atom. The van der Waals surface area contributed by atoms with Crippen LogP contribution < -0.4 is 5.32 Å². The summed E-state index contributed by atoms with van der Waals surface area (Å²) in [6.07, 6.45) is 3.54. The van der Waals surface area contributed by atoms with Crippen LogP contribution in [0.15, 0.2) is 23.2 Å². The van der Waals surface area contributed by atoms with E-state index in [0.717, 1.165) is 5.75 Å². The zero-order valence-electron chi connectivity index (χ0n) is 10.9. The molecule has 0 aliphatic carbocycles. The second kappa shape index (κ2) is 6.96. The van der Waals surface area contributed by atoms with E-state index < -0.39 is 10.0 Å². The van der Waals surface area contributed by atoms with Gasteiger partial charge in [0, 0.05) is 32.1 Å². The molecular formula is C11H19N3O2S2. The highest BCUT2D eigenvalue weighted by Gasteiger charge is 2.23. The second-order valence-electron chi connectivity index (χ2n) is 3.70. The maximum absolute atomic E-state index is 12.4. The smallest absolute Gasteiger partial charge is 0.246 e. The van der Waals surface area contributed by atoms with Crippen molar-refractivity contribution < 1.29 is 8.42 Å². The summed E-state index contributed by atoms with van der Waals surface area (Å²) in [6, 6.07) is 3.21. The molecule has 0 saturated heterocycles. The third kappa shape index (κ3) is 3.60. The van der Waals surface area contributed by atoms with Gasteiger partial charge in [-0.15, -0.1) is 0 Å². The van der Waals surface area contributed by atoms with E-state index in [2.05, 4.69) is 10.3 Å². The third-order valence-electron chi connectivity index (χ3n) is 2.41. The number of hydrogen-bond donors (Lipinski definition) is 1. The number of sulfonamides is 1. The maximum Gasteiger partial charge on any atom is 0.246 e. The predicted molar refractivity (Wildman–Crippen MR) is 76.6 cm³/mol. The van der Waals surface area contributed by atoms with Crippen LogP contribution in [0.2, 0.25) is 0 Å². The first-order valence-corrected chi connectivity index (χ1v) is 8.51. The number of nitrogens with one attached hydrogen (secondary N) is 1. The SMILES string of the molecule is CCNc1ncccc1S(=O)(=O)N(C)CCSC. The highest BCUT2D eigenvalue weighted by atomic mass is 32.2. The standard InChI is InChI=1S/C11H19N3O2S2/c1-4-12-11-10(6-5-7-13-11)18(15,16)14(2)8-9-17-3/h5-7H,4,8-9H2,1-3H3,(H,12,13). The molecule has 5 nitrogen and oxygen atoms in total. The number of nitrogens with zero attached hydrogens (tertiary/aromatic N) is 2. The largest absolute Gasteiger partial charge is 0.369 e. The van der Waals surface area contributed by atoms with Crippen LogP contribution in [0.25, 0.3) is 0 Å². The van der Waals surface area contributed by atoms with Crippen LogP contribution in [0.5, 0.6) is 0 Å². The lowest BCUT2D eigenvalue weighted by atomic mass is 10.4. The molecule has 0 aliphatic heterocycles. The fourth-order valence-electron chi connectivity index (χ4n) is 1.41. The molecule has 0 aromatic carbocycles. The maximum atomic E-state index is 12.4. The minimum atomic E-state index is -3.47. The van der Waals surface area contributed by atoms with Crippen LogP contribution >= 0.6 is 11.8 Å². The van der Waals surface area contributed by atoms with Gasteiger partial charge in [0.25, 0.3) is 0 Å². The number of aromatic nitrogens is 1. The Hall–Kier alpha value is -0.790. The fourth-order valence-corrected chi connectivity index (χ4v) is 3.27. The molecule has 1 aromatic heterocycles. The number of pyridine rings is 1. The lowest BCUT2D eigenvalue weighted by Gasteiger charge is -2.18. The van der Waals surface area contributed by atoms with Crippen molar-refractivity contribution in [1.82, 2.24) is 9.29 Å². The first-order valence-electron chi connectivity index (χ1n) is 5.68. The number of rotatable bonds is 7. The van der Waals surface area contributed by atoms with E-state index in [9.17, 15) is 8.42 Å². The zero-order valence-corrected chi connectivity index (χ0v) is 12.5. The van der Waals surface area contributed by atoms with Gasteiger partial charge < -0.3 is 5.32 Å². The van der Waals surface area contributed by atoms with Crippen LogP contribution in [-0.2, 0) is 10.0 Å². The van der Waals surface area contributed by atoms with E-state index in [0.29, 0.717) is 18.9 Å². The molecule has 0 spiro atoms. The van der Waals surface area contributed by atoms with Crippen LogP contribution in [-0.4, -0.2) is 49.9 Å². The van der Waals surface area contributed by atoms with Crippen LogP contribution in [0.3, 0.4) is 0 Å². The highest BCUT2D eigenvalue weighted by Crippen LogP contribution is 2.21. The normalized spacial score (nSPS) is 11.8. The van der Waals surface area contributed by atoms with Gasteiger partial charge in [-0.25, -0.2) is 13.4 Å². The minimum Gasteiger partial charge on any atom is -0.369 e. The molecular weight excluding hydrogens is 270 g/mol. The molecule has 102 valence electrons. The summed E-state index contributed by atoms with van der Waals surface area (Å²) in [4.78, 5) is 4.31. The van der Waals surface area contributed by atoms with Gasteiger partial charge in [0.1, 0.15) is 10.7 Å². The Bertz CT molecular complexity index is 477. The van der Waals surface area contributed by atoms with Crippen LogP contribution in [0.4, 0.5) is 5.82 Å². The highest BCUT2D eigenvalue weighted by molar-refractivity contribution is 7.98. The Morgan fingerprint density at radius 1 is 1.50 bits per heavy atom. The van der Waals surface area contributed by atoms with E-state index in [1.165, 1.54) is 4.31 Å². The molecule has 0 fully saturated rings. The van der Waals surface area contributed by atoms with E-state index in [-0.39, 0.29) is 4.90 Å². The molecule has 0 saturated carbocycles. The van der Waals surface area contributed by atoms with Crippen molar-refractivity contribution in [3.63, 3.8) is 0 Å². The first-order chi connectivity index (χ1) is 8.54.